The summed E-state index contributed by atoms with van der Waals surface area (Å²) in [6, 6.07) is 1.74. The van der Waals surface area contributed by atoms with E-state index in [0.717, 1.165) is 16.9 Å². The van der Waals surface area contributed by atoms with Gasteiger partial charge in [0, 0.05) is 5.56 Å². The Morgan fingerprint density at radius 1 is 1.78 bits per heavy atom. The van der Waals surface area contributed by atoms with E-state index in [-0.39, 0.29) is 9.92 Å². The van der Waals surface area contributed by atoms with Crippen LogP contribution >= 0.6 is 11.3 Å². The van der Waals surface area contributed by atoms with Crippen LogP contribution in [0.25, 0.3) is 0 Å². The maximum atomic E-state index is 10.1. The molecule has 0 radical (unpaired) electrons. The first-order chi connectivity index (χ1) is 4.22. The Morgan fingerprint density at radius 2 is 2.44 bits per heavy atom. The van der Waals surface area contributed by atoms with Crippen LogP contribution in [-0.4, -0.2) is 4.92 Å². The van der Waals surface area contributed by atoms with E-state index < -0.39 is 0 Å². The fourth-order valence-corrected chi connectivity index (χ4v) is 1.29. The molecule has 48 valence electrons. The van der Waals surface area contributed by atoms with Crippen molar-refractivity contribution < 1.29 is 4.92 Å². The van der Waals surface area contributed by atoms with Crippen molar-refractivity contribution in [2.24, 2.45) is 0 Å². The van der Waals surface area contributed by atoms with Crippen LogP contribution in [-0.2, 0) is 0 Å². The SMILES string of the molecule is Cc1ccsc1[N+](=O)[O-]. The number of hydrogen-bond acceptors (Lipinski definition) is 3. The van der Waals surface area contributed by atoms with Crippen LogP contribution in [0, 0.1) is 17.0 Å². The molecule has 1 aromatic rings. The second kappa shape index (κ2) is 2.14. The number of thiophene rings is 1. The van der Waals surface area contributed by atoms with Crippen LogP contribution in [0.15, 0.2) is 11.4 Å². The predicted octanol–water partition coefficient (Wildman–Crippen LogP) is 1.96. The number of aryl methyl sites for hydroxylation is 1. The summed E-state index contributed by atoms with van der Waals surface area (Å²) in [5.41, 5.74) is 0.741. The first-order valence-electron chi connectivity index (χ1n) is 2.40. The van der Waals surface area contributed by atoms with Crippen LogP contribution in [0.4, 0.5) is 5.00 Å². The van der Waals surface area contributed by atoms with Crippen LogP contribution in [0.3, 0.4) is 0 Å². The van der Waals surface area contributed by atoms with Gasteiger partial charge in [-0.05, 0) is 18.4 Å². The second-order valence-corrected chi connectivity index (χ2v) is 2.56. The Morgan fingerprint density at radius 3 is 2.67 bits per heavy atom. The van der Waals surface area contributed by atoms with Gasteiger partial charge in [0.1, 0.15) is 0 Å². The first-order valence-corrected chi connectivity index (χ1v) is 3.28. The molecule has 1 aromatic heterocycles. The quantitative estimate of drug-likeness (QED) is 0.445. The van der Waals surface area contributed by atoms with Crippen LogP contribution < -0.4 is 0 Å². The van der Waals surface area contributed by atoms with E-state index in [1.807, 2.05) is 0 Å². The van der Waals surface area contributed by atoms with Crippen molar-refractivity contribution in [2.75, 3.05) is 0 Å². The van der Waals surface area contributed by atoms with Crippen molar-refractivity contribution in [1.29, 1.82) is 0 Å². The standard InChI is InChI=1S/C5H5NO2S/c1-4-2-3-9-5(4)6(7)8/h2-3H,1H3. The Bertz CT molecular complexity index is 231. The summed E-state index contributed by atoms with van der Waals surface area (Å²) in [6.07, 6.45) is 0. The van der Waals surface area contributed by atoms with Crippen LogP contribution in [0.1, 0.15) is 5.56 Å². The molecule has 0 saturated heterocycles. The minimum Gasteiger partial charge on any atom is -0.258 e. The van der Waals surface area contributed by atoms with Crippen molar-refractivity contribution in [3.8, 4) is 0 Å². The van der Waals surface area contributed by atoms with E-state index in [4.69, 9.17) is 0 Å². The smallest absolute Gasteiger partial charge is 0.258 e. The minimum absolute atomic E-state index is 0.245. The summed E-state index contributed by atoms with van der Waals surface area (Å²) in [7, 11) is 0. The van der Waals surface area contributed by atoms with Gasteiger partial charge in [-0.25, -0.2) is 0 Å². The van der Waals surface area contributed by atoms with E-state index in [1.165, 1.54) is 0 Å². The highest BCUT2D eigenvalue weighted by molar-refractivity contribution is 7.13. The molecular formula is C5H5NO2S. The van der Waals surface area contributed by atoms with Crippen LogP contribution in [0.5, 0.6) is 0 Å². The number of hydrogen-bond donors (Lipinski definition) is 0. The third kappa shape index (κ3) is 1.08. The third-order valence-electron chi connectivity index (χ3n) is 1.00. The van der Waals surface area contributed by atoms with Gasteiger partial charge in [0.05, 0.1) is 4.92 Å². The molecule has 0 amide bonds. The van der Waals surface area contributed by atoms with Gasteiger partial charge < -0.3 is 0 Å². The highest BCUT2D eigenvalue weighted by Gasteiger charge is 2.09. The molecule has 0 aliphatic carbocycles. The lowest BCUT2D eigenvalue weighted by Gasteiger charge is -1.83. The van der Waals surface area contributed by atoms with Gasteiger partial charge in [-0.2, -0.15) is 0 Å². The molecule has 1 rings (SSSR count). The maximum absolute atomic E-state index is 10.1. The minimum atomic E-state index is -0.361. The average molecular weight is 143 g/mol. The highest BCUT2D eigenvalue weighted by Crippen LogP contribution is 2.23. The van der Waals surface area contributed by atoms with Gasteiger partial charge in [-0.15, -0.1) is 0 Å². The molecular weight excluding hydrogens is 138 g/mol. The molecule has 4 heteroatoms. The fourth-order valence-electron chi connectivity index (χ4n) is 0.552. The summed E-state index contributed by atoms with van der Waals surface area (Å²) in [6.45, 7) is 1.73. The zero-order valence-electron chi connectivity index (χ0n) is 4.83. The van der Waals surface area contributed by atoms with E-state index in [2.05, 4.69) is 0 Å². The largest absolute Gasteiger partial charge is 0.326 e. The molecule has 0 N–H and O–H groups in total. The maximum Gasteiger partial charge on any atom is 0.326 e. The number of nitro groups is 1. The van der Waals surface area contributed by atoms with Gasteiger partial charge in [-0.3, -0.25) is 10.1 Å². The molecule has 0 saturated carbocycles. The topological polar surface area (TPSA) is 43.1 Å². The van der Waals surface area contributed by atoms with E-state index in [1.54, 1.807) is 18.4 Å². The Hall–Kier alpha value is -0.900. The lowest BCUT2D eigenvalue weighted by Crippen LogP contribution is -1.84. The molecule has 0 atom stereocenters. The van der Waals surface area contributed by atoms with Gasteiger partial charge in [0.2, 0.25) is 0 Å². The summed E-state index contributed by atoms with van der Waals surface area (Å²) in [5.74, 6) is 0. The normalized spacial score (nSPS) is 9.44. The molecule has 0 aliphatic heterocycles. The number of nitrogens with zero attached hydrogens (tertiary/aromatic N) is 1. The highest BCUT2D eigenvalue weighted by atomic mass is 32.1. The first kappa shape index (κ1) is 6.22. The van der Waals surface area contributed by atoms with Crippen molar-refractivity contribution in [3.63, 3.8) is 0 Å². The molecule has 3 nitrogen and oxygen atoms in total. The Balaban J connectivity index is 3.08. The van der Waals surface area contributed by atoms with E-state index in [9.17, 15) is 10.1 Å². The van der Waals surface area contributed by atoms with Gasteiger partial charge in [0.25, 0.3) is 0 Å². The summed E-state index contributed by atoms with van der Waals surface area (Å²) in [4.78, 5) is 9.74. The Labute approximate surface area is 56.1 Å². The van der Waals surface area contributed by atoms with E-state index in [0.29, 0.717) is 0 Å². The fraction of sp³-hybridized carbons (Fsp3) is 0.200. The van der Waals surface area contributed by atoms with Gasteiger partial charge >= 0.3 is 5.00 Å². The predicted molar refractivity (Wildman–Crippen MR) is 35.7 cm³/mol. The van der Waals surface area contributed by atoms with Crippen molar-refractivity contribution in [3.05, 3.63) is 27.1 Å². The molecule has 0 unspecified atom stereocenters. The second-order valence-electron chi connectivity index (χ2n) is 1.67. The lowest BCUT2D eigenvalue weighted by molar-refractivity contribution is -0.380. The summed E-state index contributed by atoms with van der Waals surface area (Å²) < 4.78 is 0. The summed E-state index contributed by atoms with van der Waals surface area (Å²) in [5, 5.41) is 12.1. The zero-order chi connectivity index (χ0) is 6.85. The monoisotopic (exact) mass is 143 g/mol. The molecule has 0 aromatic carbocycles. The van der Waals surface area contributed by atoms with Crippen LogP contribution in [0.2, 0.25) is 0 Å². The van der Waals surface area contributed by atoms with Crippen molar-refractivity contribution in [1.82, 2.24) is 0 Å². The molecule has 0 fully saturated rings. The average Bonchev–Trinajstić information content (AvgIpc) is 2.13. The van der Waals surface area contributed by atoms with Gasteiger partial charge in [0.15, 0.2) is 0 Å². The van der Waals surface area contributed by atoms with Crippen molar-refractivity contribution in [2.45, 2.75) is 6.92 Å². The molecule has 1 heterocycles. The Kier molecular flexibility index (Phi) is 1.48. The van der Waals surface area contributed by atoms with Gasteiger partial charge in [-0.1, -0.05) is 11.3 Å². The lowest BCUT2D eigenvalue weighted by atomic mass is 10.4. The molecule has 0 aliphatic rings. The molecule has 0 spiro atoms. The zero-order valence-corrected chi connectivity index (χ0v) is 5.64. The third-order valence-corrected chi connectivity index (χ3v) is 1.97. The van der Waals surface area contributed by atoms with Crippen molar-refractivity contribution >= 4 is 16.3 Å². The molecule has 0 bridgehead atoms. The summed E-state index contributed by atoms with van der Waals surface area (Å²) >= 11 is 1.16. The number of rotatable bonds is 1. The molecule has 9 heavy (non-hydrogen) atoms. The van der Waals surface area contributed by atoms with E-state index >= 15 is 0 Å².